The van der Waals surface area contributed by atoms with Crippen LogP contribution in [-0.4, -0.2) is 15.8 Å². The molecule has 0 radical (unpaired) electrons. The van der Waals surface area contributed by atoms with Crippen LogP contribution in [0.15, 0.2) is 0 Å². The molecule has 2 unspecified atom stereocenters. The van der Waals surface area contributed by atoms with Crippen molar-refractivity contribution in [1.29, 1.82) is 0 Å². The quantitative estimate of drug-likeness (QED) is 0.755. The summed E-state index contributed by atoms with van der Waals surface area (Å²) in [6.45, 7) is 10.3. The predicted molar refractivity (Wildman–Crippen MR) is 54.8 cm³/mol. The Balaban J connectivity index is 3.08. The molecule has 2 N–H and O–H groups in total. The van der Waals surface area contributed by atoms with E-state index in [0.717, 1.165) is 5.69 Å². The number of hydrogen-bond acceptors (Lipinski definition) is 2. The third kappa shape index (κ3) is 1.75. The monoisotopic (exact) mass is 181 g/mol. The number of aromatic nitrogens is 2. The number of aryl methyl sites for hydroxylation is 1. The molecule has 1 heterocycles. The molecular weight excluding hydrogens is 162 g/mol. The number of nitrogens with zero attached hydrogens (tertiary/aromatic N) is 2. The van der Waals surface area contributed by atoms with Crippen LogP contribution >= 0.6 is 0 Å². The Hall–Kier alpha value is -0.830. The van der Waals surface area contributed by atoms with Crippen molar-refractivity contribution in [2.24, 2.45) is 5.73 Å². The second-order valence-corrected chi connectivity index (χ2v) is 3.84. The summed E-state index contributed by atoms with van der Waals surface area (Å²) >= 11 is 0. The van der Waals surface area contributed by atoms with Crippen LogP contribution in [-0.2, 0) is 0 Å². The second kappa shape index (κ2) is 3.50. The molecule has 1 aromatic rings. The first-order chi connectivity index (χ1) is 5.95. The molecule has 1 rings (SSSR count). The fourth-order valence-electron chi connectivity index (χ4n) is 1.36. The molecule has 0 aliphatic rings. The summed E-state index contributed by atoms with van der Waals surface area (Å²) in [5.41, 5.74) is 9.43. The molecular formula is C10H19N3. The van der Waals surface area contributed by atoms with E-state index in [2.05, 4.69) is 25.9 Å². The summed E-state index contributed by atoms with van der Waals surface area (Å²) in [6.07, 6.45) is 0. The minimum Gasteiger partial charge on any atom is -0.326 e. The van der Waals surface area contributed by atoms with Crippen molar-refractivity contribution in [3.05, 3.63) is 17.0 Å². The third-order valence-corrected chi connectivity index (χ3v) is 2.83. The van der Waals surface area contributed by atoms with E-state index >= 15 is 0 Å². The molecule has 0 fully saturated rings. The third-order valence-electron chi connectivity index (χ3n) is 2.83. The molecule has 3 nitrogen and oxygen atoms in total. The zero-order valence-electron chi connectivity index (χ0n) is 9.13. The van der Waals surface area contributed by atoms with Crippen LogP contribution in [0.4, 0.5) is 0 Å². The van der Waals surface area contributed by atoms with Gasteiger partial charge in [0.15, 0.2) is 0 Å². The lowest BCUT2D eigenvalue weighted by molar-refractivity contribution is 0.416. The molecule has 0 aliphatic heterocycles. The smallest absolute Gasteiger partial charge is 0.0642 e. The molecule has 0 saturated heterocycles. The van der Waals surface area contributed by atoms with Gasteiger partial charge in [0.1, 0.15) is 0 Å². The Morgan fingerprint density at radius 1 is 1.23 bits per heavy atom. The van der Waals surface area contributed by atoms with Gasteiger partial charge in [0, 0.05) is 11.7 Å². The van der Waals surface area contributed by atoms with E-state index in [0.29, 0.717) is 0 Å². The summed E-state index contributed by atoms with van der Waals surface area (Å²) in [5.74, 6) is 0. The molecule has 0 aliphatic carbocycles. The maximum atomic E-state index is 5.84. The fraction of sp³-hybridized carbons (Fsp3) is 0.700. The van der Waals surface area contributed by atoms with Crippen molar-refractivity contribution in [1.82, 2.24) is 9.78 Å². The van der Waals surface area contributed by atoms with Gasteiger partial charge in [-0.2, -0.15) is 5.10 Å². The average molecular weight is 181 g/mol. The zero-order valence-corrected chi connectivity index (χ0v) is 9.13. The number of rotatable bonds is 2. The Morgan fingerprint density at radius 2 is 1.77 bits per heavy atom. The predicted octanol–water partition coefficient (Wildman–Crippen LogP) is 1.72. The van der Waals surface area contributed by atoms with E-state index in [4.69, 9.17) is 5.73 Å². The minimum atomic E-state index is 0.136. The van der Waals surface area contributed by atoms with Crippen LogP contribution < -0.4 is 5.73 Å². The lowest BCUT2D eigenvalue weighted by Gasteiger charge is -2.17. The van der Waals surface area contributed by atoms with Crippen molar-refractivity contribution in [2.75, 3.05) is 0 Å². The summed E-state index contributed by atoms with van der Waals surface area (Å²) in [6, 6.07) is 0.407. The lowest BCUT2D eigenvalue weighted by Crippen LogP contribution is -2.28. The van der Waals surface area contributed by atoms with Crippen molar-refractivity contribution >= 4 is 0 Å². The van der Waals surface area contributed by atoms with Gasteiger partial charge in [0.2, 0.25) is 0 Å². The highest BCUT2D eigenvalue weighted by Gasteiger charge is 2.15. The van der Waals surface area contributed by atoms with Crippen molar-refractivity contribution < 1.29 is 0 Å². The number of nitrogens with two attached hydrogens (primary N) is 1. The molecule has 0 bridgehead atoms. The molecule has 0 aromatic carbocycles. The van der Waals surface area contributed by atoms with Gasteiger partial charge in [-0.05, 0) is 40.2 Å². The number of hydrogen-bond donors (Lipinski definition) is 1. The van der Waals surface area contributed by atoms with Crippen molar-refractivity contribution in [3.8, 4) is 0 Å². The first-order valence-electron chi connectivity index (χ1n) is 4.73. The van der Waals surface area contributed by atoms with Gasteiger partial charge in [0.05, 0.1) is 11.7 Å². The standard InChI is InChI=1S/C10H19N3/c1-6-8(3)12-13(9(6)4)10(5)7(2)11/h7,10H,11H2,1-5H3. The lowest BCUT2D eigenvalue weighted by atomic mass is 10.1. The van der Waals surface area contributed by atoms with Crippen LogP contribution in [0.3, 0.4) is 0 Å². The molecule has 0 saturated carbocycles. The normalized spacial score (nSPS) is 15.8. The van der Waals surface area contributed by atoms with Crippen LogP contribution in [0.1, 0.15) is 36.8 Å². The van der Waals surface area contributed by atoms with E-state index in [-0.39, 0.29) is 12.1 Å². The topological polar surface area (TPSA) is 43.8 Å². The maximum Gasteiger partial charge on any atom is 0.0642 e. The largest absolute Gasteiger partial charge is 0.326 e. The van der Waals surface area contributed by atoms with E-state index in [1.165, 1.54) is 11.3 Å². The Morgan fingerprint density at radius 3 is 2.08 bits per heavy atom. The Labute approximate surface area is 79.9 Å². The molecule has 1 aromatic heterocycles. The molecule has 0 spiro atoms. The van der Waals surface area contributed by atoms with Crippen molar-refractivity contribution in [3.63, 3.8) is 0 Å². The summed E-state index contributed by atoms with van der Waals surface area (Å²) in [7, 11) is 0. The first-order valence-corrected chi connectivity index (χ1v) is 4.73. The summed E-state index contributed by atoms with van der Waals surface area (Å²) in [5, 5.41) is 4.47. The van der Waals surface area contributed by atoms with E-state index < -0.39 is 0 Å². The van der Waals surface area contributed by atoms with Crippen LogP contribution in [0.5, 0.6) is 0 Å². The van der Waals surface area contributed by atoms with Crippen LogP contribution in [0.2, 0.25) is 0 Å². The van der Waals surface area contributed by atoms with E-state index in [1.807, 2.05) is 18.5 Å². The van der Waals surface area contributed by atoms with E-state index in [9.17, 15) is 0 Å². The van der Waals surface area contributed by atoms with Gasteiger partial charge in [-0.3, -0.25) is 4.68 Å². The summed E-state index contributed by atoms with van der Waals surface area (Å²) in [4.78, 5) is 0. The molecule has 13 heavy (non-hydrogen) atoms. The van der Waals surface area contributed by atoms with Gasteiger partial charge >= 0.3 is 0 Å². The second-order valence-electron chi connectivity index (χ2n) is 3.84. The molecule has 74 valence electrons. The van der Waals surface area contributed by atoms with Gasteiger partial charge in [-0.15, -0.1) is 0 Å². The SMILES string of the molecule is Cc1nn(C(C)C(C)N)c(C)c1C. The van der Waals surface area contributed by atoms with Crippen LogP contribution in [0, 0.1) is 20.8 Å². The van der Waals surface area contributed by atoms with Crippen LogP contribution in [0.25, 0.3) is 0 Å². The Kier molecular flexibility index (Phi) is 2.76. The highest BCUT2D eigenvalue weighted by atomic mass is 15.3. The van der Waals surface area contributed by atoms with Gasteiger partial charge < -0.3 is 5.73 Å². The summed E-state index contributed by atoms with van der Waals surface area (Å²) < 4.78 is 2.02. The van der Waals surface area contributed by atoms with Crippen molar-refractivity contribution in [2.45, 2.75) is 46.7 Å². The first kappa shape index (κ1) is 10.3. The van der Waals surface area contributed by atoms with Gasteiger partial charge in [0.25, 0.3) is 0 Å². The van der Waals surface area contributed by atoms with E-state index in [1.54, 1.807) is 0 Å². The highest BCUT2D eigenvalue weighted by Crippen LogP contribution is 2.17. The minimum absolute atomic E-state index is 0.136. The zero-order chi connectivity index (χ0) is 10.2. The molecule has 0 amide bonds. The highest BCUT2D eigenvalue weighted by molar-refractivity contribution is 5.22. The fourth-order valence-corrected chi connectivity index (χ4v) is 1.36. The molecule has 3 heteroatoms. The Bertz CT molecular complexity index is 299. The van der Waals surface area contributed by atoms with Gasteiger partial charge in [-0.1, -0.05) is 0 Å². The maximum absolute atomic E-state index is 5.84. The van der Waals surface area contributed by atoms with Gasteiger partial charge in [-0.25, -0.2) is 0 Å². The average Bonchev–Trinajstić information content (AvgIpc) is 2.31. The molecule has 2 atom stereocenters.